The highest BCUT2D eigenvalue weighted by molar-refractivity contribution is 5.24. The lowest BCUT2D eigenvalue weighted by Gasteiger charge is -2.14. The fourth-order valence-electron chi connectivity index (χ4n) is 1.47. The molecule has 0 heterocycles. The van der Waals surface area contributed by atoms with Crippen LogP contribution in [0.5, 0.6) is 0 Å². The maximum Gasteiger partial charge on any atom is -0.0194 e. The molecule has 0 bridgehead atoms. The molecule has 1 unspecified atom stereocenters. The van der Waals surface area contributed by atoms with Gasteiger partial charge in [-0.1, -0.05) is 63.8 Å². The summed E-state index contributed by atoms with van der Waals surface area (Å²) >= 11 is 0. The number of unbranched alkanes of at least 4 members (excludes halogenated alkanes) is 3. The second-order valence-corrected chi connectivity index (χ2v) is 4.06. The highest BCUT2D eigenvalue weighted by atomic mass is 14.1. The summed E-state index contributed by atoms with van der Waals surface area (Å²) in [7, 11) is 0. The molecular weight excluding hydrogens is 156 g/mol. The van der Waals surface area contributed by atoms with Crippen LogP contribution >= 0.6 is 0 Å². The summed E-state index contributed by atoms with van der Waals surface area (Å²) in [5, 5.41) is 0. The van der Waals surface area contributed by atoms with Gasteiger partial charge in [0.25, 0.3) is 0 Å². The van der Waals surface area contributed by atoms with Crippen molar-refractivity contribution < 1.29 is 0 Å². The van der Waals surface area contributed by atoms with Crippen LogP contribution in [-0.4, -0.2) is 0 Å². The molecule has 1 atom stereocenters. The fraction of sp³-hybridized carbons (Fsp3) is 0.692. The Morgan fingerprint density at radius 3 is 2.23 bits per heavy atom. The van der Waals surface area contributed by atoms with Crippen LogP contribution in [0.4, 0.5) is 0 Å². The summed E-state index contributed by atoms with van der Waals surface area (Å²) < 4.78 is 0. The van der Waals surface area contributed by atoms with Crippen molar-refractivity contribution in [2.45, 2.75) is 52.9 Å². The first kappa shape index (κ1) is 12.5. The minimum absolute atomic E-state index is 0.620. The molecule has 76 valence electrons. The second-order valence-electron chi connectivity index (χ2n) is 4.06. The highest BCUT2D eigenvalue weighted by Gasteiger charge is 2.06. The Morgan fingerprint density at radius 1 is 1.15 bits per heavy atom. The van der Waals surface area contributed by atoms with Gasteiger partial charge in [0.2, 0.25) is 0 Å². The van der Waals surface area contributed by atoms with Gasteiger partial charge < -0.3 is 0 Å². The Balaban J connectivity index is 3.56. The number of hydrogen-bond donors (Lipinski definition) is 0. The quantitative estimate of drug-likeness (QED) is 0.392. The Labute approximate surface area is 83.7 Å². The van der Waals surface area contributed by atoms with Crippen LogP contribution in [0.2, 0.25) is 0 Å². The molecule has 0 aromatic carbocycles. The zero-order valence-electron chi connectivity index (χ0n) is 9.53. The first-order chi connectivity index (χ1) is 6.09. The Kier molecular flexibility index (Phi) is 6.66. The Morgan fingerprint density at radius 2 is 1.77 bits per heavy atom. The van der Waals surface area contributed by atoms with Crippen molar-refractivity contribution in [3.05, 3.63) is 24.3 Å². The lowest BCUT2D eigenvalue weighted by Crippen LogP contribution is -1.99. The molecule has 0 spiro atoms. The van der Waals surface area contributed by atoms with Gasteiger partial charge in [-0.2, -0.15) is 0 Å². The highest BCUT2D eigenvalue weighted by Crippen LogP contribution is 2.21. The van der Waals surface area contributed by atoms with Crippen molar-refractivity contribution in [3.63, 3.8) is 0 Å². The van der Waals surface area contributed by atoms with Crippen LogP contribution in [0, 0.1) is 5.92 Å². The van der Waals surface area contributed by atoms with Crippen LogP contribution < -0.4 is 0 Å². The molecule has 0 fully saturated rings. The SMILES string of the molecule is C=C(C)C(=C)C(C)CCCCCC. The third kappa shape index (κ3) is 5.68. The van der Waals surface area contributed by atoms with Gasteiger partial charge >= 0.3 is 0 Å². The predicted molar refractivity (Wildman–Crippen MR) is 61.9 cm³/mol. The lowest BCUT2D eigenvalue weighted by atomic mass is 9.92. The van der Waals surface area contributed by atoms with Crippen LogP contribution in [-0.2, 0) is 0 Å². The lowest BCUT2D eigenvalue weighted by molar-refractivity contribution is 0.547. The topological polar surface area (TPSA) is 0 Å². The number of rotatable bonds is 7. The van der Waals surface area contributed by atoms with E-state index in [0.717, 1.165) is 5.57 Å². The maximum atomic E-state index is 4.05. The van der Waals surface area contributed by atoms with Crippen molar-refractivity contribution in [2.24, 2.45) is 5.92 Å². The summed E-state index contributed by atoms with van der Waals surface area (Å²) in [6.07, 6.45) is 6.65. The van der Waals surface area contributed by atoms with Crippen LogP contribution in [0.3, 0.4) is 0 Å². The smallest absolute Gasteiger partial charge is 0.0194 e. The Hall–Kier alpha value is -0.520. The molecule has 0 rings (SSSR count). The monoisotopic (exact) mass is 180 g/mol. The zero-order chi connectivity index (χ0) is 10.3. The third-order valence-electron chi connectivity index (χ3n) is 2.63. The first-order valence-corrected chi connectivity index (χ1v) is 5.44. The van der Waals surface area contributed by atoms with E-state index >= 15 is 0 Å². The van der Waals surface area contributed by atoms with Gasteiger partial charge in [-0.15, -0.1) is 0 Å². The van der Waals surface area contributed by atoms with Crippen molar-refractivity contribution in [1.29, 1.82) is 0 Å². The molecule has 0 heteroatoms. The van der Waals surface area contributed by atoms with Crippen LogP contribution in [0.15, 0.2) is 24.3 Å². The summed E-state index contributed by atoms with van der Waals surface area (Å²) in [4.78, 5) is 0. The van der Waals surface area contributed by atoms with Crippen molar-refractivity contribution in [1.82, 2.24) is 0 Å². The van der Waals surface area contributed by atoms with Gasteiger partial charge in [-0.3, -0.25) is 0 Å². The van der Waals surface area contributed by atoms with Gasteiger partial charge in [0, 0.05) is 0 Å². The molecule has 0 aliphatic heterocycles. The average Bonchev–Trinajstić information content (AvgIpc) is 2.10. The minimum Gasteiger partial charge on any atom is -0.0958 e. The Bertz CT molecular complexity index is 165. The van der Waals surface area contributed by atoms with Gasteiger partial charge in [0.1, 0.15) is 0 Å². The van der Waals surface area contributed by atoms with E-state index < -0.39 is 0 Å². The minimum atomic E-state index is 0.620. The largest absolute Gasteiger partial charge is 0.0958 e. The molecule has 0 saturated carbocycles. The third-order valence-corrected chi connectivity index (χ3v) is 2.63. The number of hydrogen-bond acceptors (Lipinski definition) is 0. The standard InChI is InChI=1S/C13H24/c1-6-7-8-9-10-12(4)13(5)11(2)3/h12H,2,5-10H2,1,3-4H3. The van der Waals surface area contributed by atoms with Gasteiger partial charge in [0.15, 0.2) is 0 Å². The molecule has 0 aromatic heterocycles. The van der Waals surface area contributed by atoms with Crippen molar-refractivity contribution in [2.75, 3.05) is 0 Å². The molecule has 13 heavy (non-hydrogen) atoms. The first-order valence-electron chi connectivity index (χ1n) is 5.44. The molecular formula is C13H24. The van der Waals surface area contributed by atoms with E-state index in [1.165, 1.54) is 37.7 Å². The summed E-state index contributed by atoms with van der Waals surface area (Å²) in [5.41, 5.74) is 2.37. The average molecular weight is 180 g/mol. The van der Waals surface area contributed by atoms with E-state index in [4.69, 9.17) is 0 Å². The molecule has 0 N–H and O–H groups in total. The van der Waals surface area contributed by atoms with Crippen LogP contribution in [0.1, 0.15) is 52.9 Å². The zero-order valence-corrected chi connectivity index (χ0v) is 9.53. The van der Waals surface area contributed by atoms with E-state index in [1.807, 2.05) is 6.92 Å². The molecule has 0 saturated heterocycles. The normalized spacial score (nSPS) is 12.5. The molecule has 0 aliphatic rings. The molecule has 0 nitrogen and oxygen atoms in total. The van der Waals surface area contributed by atoms with E-state index in [2.05, 4.69) is 27.0 Å². The summed E-state index contributed by atoms with van der Waals surface area (Å²) in [5.74, 6) is 0.620. The predicted octanol–water partition coefficient (Wildman–Crippen LogP) is 4.73. The van der Waals surface area contributed by atoms with Gasteiger partial charge in [-0.25, -0.2) is 0 Å². The maximum absolute atomic E-state index is 4.05. The molecule has 0 amide bonds. The summed E-state index contributed by atoms with van der Waals surface area (Å²) in [6.45, 7) is 14.5. The van der Waals surface area contributed by atoms with Gasteiger partial charge in [-0.05, 0) is 19.3 Å². The molecule has 0 radical (unpaired) electrons. The molecule has 0 aliphatic carbocycles. The van der Waals surface area contributed by atoms with E-state index in [0.29, 0.717) is 5.92 Å². The van der Waals surface area contributed by atoms with E-state index in [1.54, 1.807) is 0 Å². The number of allylic oxidation sites excluding steroid dienone is 2. The van der Waals surface area contributed by atoms with E-state index in [9.17, 15) is 0 Å². The molecule has 0 aromatic rings. The summed E-state index contributed by atoms with van der Waals surface area (Å²) in [6, 6.07) is 0. The second kappa shape index (κ2) is 6.94. The van der Waals surface area contributed by atoms with Crippen LogP contribution in [0.25, 0.3) is 0 Å². The van der Waals surface area contributed by atoms with Gasteiger partial charge in [0.05, 0.1) is 0 Å². The van der Waals surface area contributed by atoms with Crippen molar-refractivity contribution in [3.8, 4) is 0 Å². The van der Waals surface area contributed by atoms with Crippen molar-refractivity contribution >= 4 is 0 Å². The fourth-order valence-corrected chi connectivity index (χ4v) is 1.47. The van der Waals surface area contributed by atoms with E-state index in [-0.39, 0.29) is 0 Å².